The van der Waals surface area contributed by atoms with E-state index < -0.39 is 17.9 Å². The number of amides is 1. The summed E-state index contributed by atoms with van der Waals surface area (Å²) in [5.74, 6) is -1.38. The summed E-state index contributed by atoms with van der Waals surface area (Å²) in [6, 6.07) is 3.98. The van der Waals surface area contributed by atoms with E-state index in [9.17, 15) is 9.59 Å². The van der Waals surface area contributed by atoms with Crippen LogP contribution in [0.3, 0.4) is 0 Å². The second kappa shape index (κ2) is 6.86. The highest BCUT2D eigenvalue weighted by molar-refractivity contribution is 9.11. The number of nitrogens with two attached hydrogens (primary N) is 1. The van der Waals surface area contributed by atoms with Crippen LogP contribution in [-0.2, 0) is 14.3 Å². The minimum Gasteiger partial charge on any atom is -0.464 e. The molecule has 0 aromatic heterocycles. The highest BCUT2D eigenvalue weighted by Crippen LogP contribution is 2.30. The number of carbonyl (C=O) groups is 2. The molecule has 1 aromatic rings. The second-order valence-corrected chi connectivity index (χ2v) is 5.02. The topological polar surface area (TPSA) is 81.4 Å². The lowest BCUT2D eigenvalue weighted by Gasteiger charge is -2.13. The Balaban J connectivity index is 2.79. The van der Waals surface area contributed by atoms with Crippen molar-refractivity contribution in [3.8, 4) is 0 Å². The molecule has 1 rings (SSSR count). The van der Waals surface area contributed by atoms with Crippen LogP contribution in [0.5, 0.6) is 0 Å². The predicted molar refractivity (Wildman–Crippen MR) is 75.1 cm³/mol. The van der Waals surface area contributed by atoms with Crippen molar-refractivity contribution in [1.29, 1.82) is 0 Å². The van der Waals surface area contributed by atoms with Crippen LogP contribution in [0.15, 0.2) is 27.1 Å². The van der Waals surface area contributed by atoms with Crippen LogP contribution in [-0.4, -0.2) is 24.5 Å². The van der Waals surface area contributed by atoms with Crippen molar-refractivity contribution in [3.63, 3.8) is 0 Å². The second-order valence-electron chi connectivity index (χ2n) is 3.32. The fourth-order valence-corrected chi connectivity index (χ4v) is 2.35. The van der Waals surface area contributed by atoms with Gasteiger partial charge in [0.2, 0.25) is 0 Å². The summed E-state index contributed by atoms with van der Waals surface area (Å²) in [7, 11) is 0. The number of ether oxygens (including phenoxy) is 1. The van der Waals surface area contributed by atoms with Gasteiger partial charge < -0.3 is 15.8 Å². The molecule has 0 radical (unpaired) electrons. The zero-order valence-corrected chi connectivity index (χ0v) is 12.7. The van der Waals surface area contributed by atoms with Crippen molar-refractivity contribution >= 4 is 49.4 Å². The van der Waals surface area contributed by atoms with Gasteiger partial charge in [0.05, 0.1) is 12.3 Å². The van der Waals surface area contributed by atoms with Crippen molar-refractivity contribution in [2.75, 3.05) is 11.9 Å². The highest BCUT2D eigenvalue weighted by Gasteiger charge is 2.24. The molecule has 1 atom stereocenters. The average molecular weight is 380 g/mol. The number of hydrogen-bond acceptors (Lipinski definition) is 4. The van der Waals surface area contributed by atoms with Gasteiger partial charge in [-0.1, -0.05) is 6.07 Å². The molecule has 1 aromatic carbocycles. The standard InChI is InChI=1S/C11H12Br2N2O3/c1-2-18-11(17)8(14)10(16)15-9-6(12)4-3-5-7(9)13/h3-5,8H,2,14H2,1H3,(H,15,16). The number of carbonyl (C=O) groups excluding carboxylic acids is 2. The smallest absolute Gasteiger partial charge is 0.332 e. The lowest BCUT2D eigenvalue weighted by Crippen LogP contribution is -2.43. The van der Waals surface area contributed by atoms with Crippen molar-refractivity contribution in [2.45, 2.75) is 13.0 Å². The van der Waals surface area contributed by atoms with Gasteiger partial charge in [-0.05, 0) is 50.9 Å². The first-order valence-electron chi connectivity index (χ1n) is 5.14. The number of para-hydroxylation sites is 1. The van der Waals surface area contributed by atoms with Gasteiger partial charge in [-0.25, -0.2) is 4.79 Å². The molecule has 0 aliphatic carbocycles. The number of benzene rings is 1. The predicted octanol–water partition coefficient (Wildman–Crippen LogP) is 2.04. The summed E-state index contributed by atoms with van der Waals surface area (Å²) in [4.78, 5) is 23.1. The van der Waals surface area contributed by atoms with Gasteiger partial charge in [-0.3, -0.25) is 4.79 Å². The maximum Gasteiger partial charge on any atom is 0.332 e. The molecule has 0 bridgehead atoms. The van der Waals surface area contributed by atoms with Crippen LogP contribution in [0.25, 0.3) is 0 Å². The summed E-state index contributed by atoms with van der Waals surface area (Å²) in [6.07, 6.45) is 0. The Morgan fingerprint density at radius 2 is 1.94 bits per heavy atom. The van der Waals surface area contributed by atoms with Gasteiger partial charge in [0.15, 0.2) is 6.04 Å². The Kier molecular flexibility index (Phi) is 5.77. The van der Waals surface area contributed by atoms with E-state index in [0.29, 0.717) is 14.6 Å². The first kappa shape index (κ1) is 15.1. The molecule has 0 fully saturated rings. The van der Waals surface area contributed by atoms with E-state index in [1.54, 1.807) is 25.1 Å². The minimum absolute atomic E-state index is 0.179. The number of rotatable bonds is 4. The molecular formula is C11H12Br2N2O3. The molecule has 1 amide bonds. The molecule has 0 aliphatic heterocycles. The third-order valence-electron chi connectivity index (χ3n) is 2.03. The van der Waals surface area contributed by atoms with Crippen LogP contribution in [0.4, 0.5) is 5.69 Å². The number of anilines is 1. The van der Waals surface area contributed by atoms with E-state index in [-0.39, 0.29) is 6.61 Å². The summed E-state index contributed by atoms with van der Waals surface area (Å²) in [5, 5.41) is 2.56. The lowest BCUT2D eigenvalue weighted by atomic mass is 10.2. The Morgan fingerprint density at radius 1 is 1.39 bits per heavy atom. The van der Waals surface area contributed by atoms with Crippen molar-refractivity contribution in [2.24, 2.45) is 5.73 Å². The molecular weight excluding hydrogens is 368 g/mol. The van der Waals surface area contributed by atoms with Crippen molar-refractivity contribution in [3.05, 3.63) is 27.1 Å². The van der Waals surface area contributed by atoms with Gasteiger partial charge in [-0.15, -0.1) is 0 Å². The Labute approximate surface area is 121 Å². The van der Waals surface area contributed by atoms with Crippen molar-refractivity contribution < 1.29 is 14.3 Å². The lowest BCUT2D eigenvalue weighted by molar-refractivity contribution is -0.146. The monoisotopic (exact) mass is 378 g/mol. The Bertz CT molecular complexity index is 445. The fourth-order valence-electron chi connectivity index (χ4n) is 1.16. The molecule has 3 N–H and O–H groups in total. The SMILES string of the molecule is CCOC(=O)C(N)C(=O)Nc1c(Br)cccc1Br. The zero-order chi connectivity index (χ0) is 13.7. The molecule has 5 nitrogen and oxygen atoms in total. The van der Waals surface area contributed by atoms with Gasteiger partial charge in [0.1, 0.15) is 0 Å². The van der Waals surface area contributed by atoms with E-state index in [1.165, 1.54) is 0 Å². The average Bonchev–Trinajstić information content (AvgIpc) is 2.33. The molecule has 0 saturated carbocycles. The third-order valence-corrected chi connectivity index (χ3v) is 3.36. The normalized spacial score (nSPS) is 11.8. The Hall–Kier alpha value is -0.920. The first-order chi connectivity index (χ1) is 8.47. The largest absolute Gasteiger partial charge is 0.464 e. The van der Waals surface area contributed by atoms with Gasteiger partial charge in [0, 0.05) is 8.95 Å². The summed E-state index contributed by atoms with van der Waals surface area (Å²) < 4.78 is 6.04. The van der Waals surface area contributed by atoms with Crippen LogP contribution >= 0.6 is 31.9 Å². The summed E-state index contributed by atoms with van der Waals surface area (Å²) in [6.45, 7) is 1.82. The number of esters is 1. The van der Waals surface area contributed by atoms with Gasteiger partial charge in [0.25, 0.3) is 5.91 Å². The molecule has 0 spiro atoms. The fraction of sp³-hybridized carbons (Fsp3) is 0.273. The number of nitrogens with one attached hydrogen (secondary N) is 1. The highest BCUT2D eigenvalue weighted by atomic mass is 79.9. The summed E-state index contributed by atoms with van der Waals surface area (Å²) in [5.41, 5.74) is 5.99. The maximum atomic E-state index is 11.8. The van der Waals surface area contributed by atoms with Crippen LogP contribution < -0.4 is 11.1 Å². The van der Waals surface area contributed by atoms with Crippen molar-refractivity contribution in [1.82, 2.24) is 0 Å². The molecule has 1 unspecified atom stereocenters. The van der Waals surface area contributed by atoms with Gasteiger partial charge in [-0.2, -0.15) is 0 Å². The van der Waals surface area contributed by atoms with E-state index in [2.05, 4.69) is 41.9 Å². The maximum absolute atomic E-state index is 11.8. The molecule has 0 saturated heterocycles. The molecule has 98 valence electrons. The third kappa shape index (κ3) is 3.79. The quantitative estimate of drug-likeness (QED) is 0.619. The van der Waals surface area contributed by atoms with Crippen LogP contribution in [0, 0.1) is 0 Å². The van der Waals surface area contributed by atoms with Gasteiger partial charge >= 0.3 is 5.97 Å². The Morgan fingerprint density at radius 3 is 2.44 bits per heavy atom. The van der Waals surface area contributed by atoms with E-state index in [1.807, 2.05) is 0 Å². The van der Waals surface area contributed by atoms with E-state index >= 15 is 0 Å². The van der Waals surface area contributed by atoms with E-state index in [4.69, 9.17) is 5.73 Å². The minimum atomic E-state index is -1.34. The molecule has 0 heterocycles. The van der Waals surface area contributed by atoms with Crippen LogP contribution in [0.1, 0.15) is 6.92 Å². The first-order valence-corrected chi connectivity index (χ1v) is 6.73. The zero-order valence-electron chi connectivity index (χ0n) is 9.57. The number of hydrogen-bond donors (Lipinski definition) is 2. The van der Waals surface area contributed by atoms with E-state index in [0.717, 1.165) is 0 Å². The molecule has 0 aliphatic rings. The summed E-state index contributed by atoms with van der Waals surface area (Å²) >= 11 is 6.58. The molecule has 7 heteroatoms. The number of halogens is 2. The van der Waals surface area contributed by atoms with Crippen LogP contribution in [0.2, 0.25) is 0 Å². The molecule has 18 heavy (non-hydrogen) atoms.